The monoisotopic (exact) mass is 323 g/mol. The van der Waals surface area contributed by atoms with Gasteiger partial charge in [0.05, 0.1) is 16.3 Å². The zero-order chi connectivity index (χ0) is 16.3. The first kappa shape index (κ1) is 16.0. The lowest BCUT2D eigenvalue weighted by Gasteiger charge is -2.10. The van der Waals surface area contributed by atoms with Crippen molar-refractivity contribution in [2.24, 2.45) is 0 Å². The Balaban J connectivity index is 2.20. The summed E-state index contributed by atoms with van der Waals surface area (Å²) in [4.78, 5) is 12.0. The van der Waals surface area contributed by atoms with Gasteiger partial charge in [0.1, 0.15) is 12.3 Å². The highest BCUT2D eigenvalue weighted by Crippen LogP contribution is 2.27. The molecule has 2 rings (SSSR count). The molecule has 0 spiro atoms. The number of aromatic hydroxyl groups is 1. The van der Waals surface area contributed by atoms with Crippen molar-refractivity contribution in [2.75, 3.05) is 11.1 Å². The number of carbonyl (C=O) groups excluding carboxylic acids is 1. The zero-order valence-electron chi connectivity index (χ0n) is 12.3. The van der Waals surface area contributed by atoms with Crippen molar-refractivity contribution >= 4 is 21.4 Å². The Labute approximate surface area is 128 Å². The van der Waals surface area contributed by atoms with E-state index in [1.165, 1.54) is 29.8 Å². The second-order valence-corrected chi connectivity index (χ2v) is 7.04. The minimum absolute atomic E-state index is 0.0248. The average Bonchev–Trinajstić information content (AvgIpc) is 2.86. The number of phenolic OH excluding ortho intramolecular Hbond substituents is 1. The van der Waals surface area contributed by atoms with Crippen molar-refractivity contribution in [3.63, 3.8) is 0 Å². The summed E-state index contributed by atoms with van der Waals surface area (Å²) in [6, 6.07) is 5.57. The fourth-order valence-electron chi connectivity index (χ4n) is 1.87. The van der Waals surface area contributed by atoms with Gasteiger partial charge in [-0.3, -0.25) is 9.48 Å². The van der Waals surface area contributed by atoms with Crippen LogP contribution < -0.4 is 5.32 Å². The highest BCUT2D eigenvalue weighted by molar-refractivity contribution is 7.91. The minimum Gasteiger partial charge on any atom is -0.506 e. The number of aromatic nitrogens is 2. The standard InChI is InChI=1S/C14H17N3O4S/c1-3-22(20,21)11-4-5-13(18)12(8-11)16-14(19)9-17-10(2)6-7-15-17/h4-8,18H,3,9H2,1-2H3,(H,16,19). The van der Waals surface area contributed by atoms with Crippen LogP contribution in [0.4, 0.5) is 5.69 Å². The lowest BCUT2D eigenvalue weighted by Crippen LogP contribution is -2.20. The van der Waals surface area contributed by atoms with Gasteiger partial charge in [0, 0.05) is 11.9 Å². The SMILES string of the molecule is CCS(=O)(=O)c1ccc(O)c(NC(=O)Cn2nccc2C)c1. The fraction of sp³-hybridized carbons (Fsp3) is 0.286. The molecule has 0 atom stereocenters. The first-order valence-electron chi connectivity index (χ1n) is 6.67. The van der Waals surface area contributed by atoms with Crippen LogP contribution in [0.1, 0.15) is 12.6 Å². The third-order valence-corrected chi connectivity index (χ3v) is 4.94. The summed E-state index contributed by atoms with van der Waals surface area (Å²) < 4.78 is 25.2. The maximum absolute atomic E-state index is 12.0. The smallest absolute Gasteiger partial charge is 0.246 e. The van der Waals surface area contributed by atoms with E-state index < -0.39 is 15.7 Å². The van der Waals surface area contributed by atoms with E-state index in [0.29, 0.717) is 0 Å². The Hall–Kier alpha value is -2.35. The average molecular weight is 323 g/mol. The second-order valence-electron chi connectivity index (χ2n) is 4.76. The van der Waals surface area contributed by atoms with Gasteiger partial charge in [0.2, 0.25) is 5.91 Å². The van der Waals surface area contributed by atoms with Gasteiger partial charge in [-0.1, -0.05) is 6.92 Å². The summed E-state index contributed by atoms with van der Waals surface area (Å²) in [5, 5.41) is 16.3. The molecular formula is C14H17N3O4S. The Morgan fingerprint density at radius 2 is 2.09 bits per heavy atom. The molecule has 8 heteroatoms. The number of benzene rings is 1. The topological polar surface area (TPSA) is 101 Å². The van der Waals surface area contributed by atoms with E-state index in [0.717, 1.165) is 5.69 Å². The number of carbonyl (C=O) groups is 1. The molecule has 0 unspecified atom stereocenters. The van der Waals surface area contributed by atoms with Gasteiger partial charge in [-0.05, 0) is 31.2 Å². The lowest BCUT2D eigenvalue weighted by atomic mass is 10.3. The Kier molecular flexibility index (Phi) is 4.51. The quantitative estimate of drug-likeness (QED) is 0.808. The van der Waals surface area contributed by atoms with Gasteiger partial charge in [-0.15, -0.1) is 0 Å². The maximum atomic E-state index is 12.0. The van der Waals surface area contributed by atoms with E-state index in [1.54, 1.807) is 12.3 Å². The maximum Gasteiger partial charge on any atom is 0.246 e. The van der Waals surface area contributed by atoms with Gasteiger partial charge in [-0.2, -0.15) is 5.10 Å². The summed E-state index contributed by atoms with van der Waals surface area (Å²) in [7, 11) is -3.41. The van der Waals surface area contributed by atoms with E-state index in [4.69, 9.17) is 0 Å². The number of hydrogen-bond donors (Lipinski definition) is 2. The van der Waals surface area contributed by atoms with Gasteiger partial charge in [0.15, 0.2) is 9.84 Å². The van der Waals surface area contributed by atoms with Crippen molar-refractivity contribution in [3.05, 3.63) is 36.2 Å². The molecule has 2 aromatic rings. The fourth-order valence-corrected chi connectivity index (χ4v) is 2.77. The normalized spacial score (nSPS) is 11.4. The predicted octanol–water partition coefficient (Wildman–Crippen LogP) is 1.33. The van der Waals surface area contributed by atoms with Crippen molar-refractivity contribution in [2.45, 2.75) is 25.3 Å². The molecule has 0 saturated heterocycles. The van der Waals surface area contributed by atoms with Crippen LogP contribution in [-0.4, -0.2) is 35.0 Å². The molecule has 0 saturated carbocycles. The van der Waals surface area contributed by atoms with Crippen LogP contribution in [0, 0.1) is 6.92 Å². The minimum atomic E-state index is -3.41. The number of sulfone groups is 1. The van der Waals surface area contributed by atoms with Crippen LogP contribution >= 0.6 is 0 Å². The van der Waals surface area contributed by atoms with Gasteiger partial charge in [-0.25, -0.2) is 8.42 Å². The highest BCUT2D eigenvalue weighted by atomic mass is 32.2. The largest absolute Gasteiger partial charge is 0.506 e. The van der Waals surface area contributed by atoms with E-state index in [-0.39, 0.29) is 28.6 Å². The van der Waals surface area contributed by atoms with E-state index >= 15 is 0 Å². The number of aryl methyl sites for hydroxylation is 1. The summed E-state index contributed by atoms with van der Waals surface area (Å²) in [6.45, 7) is 3.32. The number of amides is 1. The molecule has 0 aliphatic carbocycles. The molecule has 2 N–H and O–H groups in total. The molecule has 0 aliphatic heterocycles. The Bertz CT molecular complexity index is 796. The molecule has 1 amide bonds. The van der Waals surface area contributed by atoms with Crippen LogP contribution in [-0.2, 0) is 21.2 Å². The molecule has 1 heterocycles. The number of rotatable bonds is 5. The first-order chi connectivity index (χ1) is 10.3. The molecule has 0 fully saturated rings. The molecular weight excluding hydrogens is 306 g/mol. The van der Waals surface area contributed by atoms with Crippen LogP contribution in [0.3, 0.4) is 0 Å². The molecule has 7 nitrogen and oxygen atoms in total. The van der Waals surface area contributed by atoms with E-state index in [1.807, 2.05) is 6.92 Å². The number of nitrogens with one attached hydrogen (secondary N) is 1. The van der Waals surface area contributed by atoms with E-state index in [2.05, 4.69) is 10.4 Å². The van der Waals surface area contributed by atoms with Crippen LogP contribution in [0.15, 0.2) is 35.4 Å². The Morgan fingerprint density at radius 3 is 2.68 bits per heavy atom. The second kappa shape index (κ2) is 6.18. The molecule has 0 radical (unpaired) electrons. The molecule has 118 valence electrons. The highest BCUT2D eigenvalue weighted by Gasteiger charge is 2.15. The zero-order valence-corrected chi connectivity index (χ0v) is 13.1. The third kappa shape index (κ3) is 3.45. The van der Waals surface area contributed by atoms with E-state index in [9.17, 15) is 18.3 Å². The molecule has 1 aromatic carbocycles. The van der Waals surface area contributed by atoms with Crippen LogP contribution in [0.25, 0.3) is 0 Å². The van der Waals surface area contributed by atoms with Crippen LogP contribution in [0.5, 0.6) is 5.75 Å². The first-order valence-corrected chi connectivity index (χ1v) is 8.32. The number of phenols is 1. The lowest BCUT2D eigenvalue weighted by molar-refractivity contribution is -0.117. The summed E-state index contributed by atoms with van der Waals surface area (Å²) >= 11 is 0. The number of anilines is 1. The van der Waals surface area contributed by atoms with Crippen molar-refractivity contribution < 1.29 is 18.3 Å². The molecule has 22 heavy (non-hydrogen) atoms. The van der Waals surface area contributed by atoms with Gasteiger partial charge in [0.25, 0.3) is 0 Å². The number of nitrogens with zero attached hydrogens (tertiary/aromatic N) is 2. The Morgan fingerprint density at radius 1 is 1.36 bits per heavy atom. The van der Waals surface area contributed by atoms with Gasteiger partial charge >= 0.3 is 0 Å². The van der Waals surface area contributed by atoms with Gasteiger partial charge < -0.3 is 10.4 Å². The van der Waals surface area contributed by atoms with Crippen molar-refractivity contribution in [1.29, 1.82) is 0 Å². The summed E-state index contributed by atoms with van der Waals surface area (Å²) in [5.41, 5.74) is 0.881. The number of hydrogen-bond acceptors (Lipinski definition) is 5. The van der Waals surface area contributed by atoms with Crippen molar-refractivity contribution in [1.82, 2.24) is 9.78 Å². The molecule has 0 aliphatic rings. The summed E-state index contributed by atoms with van der Waals surface area (Å²) in [5.74, 6) is -0.661. The third-order valence-electron chi connectivity index (χ3n) is 3.20. The van der Waals surface area contributed by atoms with Crippen LogP contribution in [0.2, 0.25) is 0 Å². The predicted molar refractivity (Wildman–Crippen MR) is 81.4 cm³/mol. The molecule has 0 bridgehead atoms. The molecule has 1 aromatic heterocycles. The summed E-state index contributed by atoms with van der Waals surface area (Å²) in [6.07, 6.45) is 1.58. The van der Waals surface area contributed by atoms with Crippen molar-refractivity contribution in [3.8, 4) is 5.75 Å².